The van der Waals surface area contributed by atoms with Gasteiger partial charge in [-0.2, -0.15) is 0 Å². The van der Waals surface area contributed by atoms with Crippen LogP contribution in [0.1, 0.15) is 16.1 Å². The summed E-state index contributed by atoms with van der Waals surface area (Å²) in [5.41, 5.74) is 2.65. The number of anilines is 2. The molecular weight excluding hydrogens is 590 g/mol. The Balaban J connectivity index is 1.48. The van der Waals surface area contributed by atoms with Crippen LogP contribution in [0.5, 0.6) is 11.5 Å². The van der Waals surface area contributed by atoms with E-state index in [4.69, 9.17) is 32.5 Å². The van der Waals surface area contributed by atoms with Gasteiger partial charge in [-0.1, -0.05) is 6.07 Å². The summed E-state index contributed by atoms with van der Waals surface area (Å²) in [5.74, 6) is -1.21. The Kier molecular flexibility index (Phi) is 9.73. The van der Waals surface area contributed by atoms with E-state index < -0.39 is 17.9 Å². The summed E-state index contributed by atoms with van der Waals surface area (Å²) < 4.78 is 39.5. The zero-order valence-corrected chi connectivity index (χ0v) is 25.1. The van der Waals surface area contributed by atoms with Crippen molar-refractivity contribution in [1.29, 1.82) is 0 Å². The number of benzene rings is 2. The summed E-state index contributed by atoms with van der Waals surface area (Å²) in [7, 11) is 2.64. The number of furan rings is 1. The van der Waals surface area contributed by atoms with E-state index in [0.717, 1.165) is 11.8 Å². The normalized spacial score (nSPS) is 14.3. The van der Waals surface area contributed by atoms with Crippen LogP contribution in [-0.2, 0) is 23.8 Å². The number of hydrogen-bond donors (Lipinski definition) is 1. The molecule has 1 aliphatic rings. The number of carboxylic acid groups (broad SMARTS) is 1. The Morgan fingerprint density at radius 3 is 2.11 bits per heavy atom. The smallest absolute Gasteiger partial charge is 0.373 e. The number of ether oxygens (including phenoxy) is 5. The first-order valence-corrected chi connectivity index (χ1v) is 14.1. The Bertz CT molecular complexity index is 1680. The fraction of sp³-hybridized carbons (Fsp3) is 0.355. The molecule has 0 fully saturated rings. The first-order chi connectivity index (χ1) is 21.7. The molecule has 1 N–H and O–H groups in total. The van der Waals surface area contributed by atoms with Gasteiger partial charge in [0.05, 0.1) is 45.0 Å². The van der Waals surface area contributed by atoms with E-state index in [2.05, 4.69) is 4.98 Å². The highest BCUT2D eigenvalue weighted by molar-refractivity contribution is 5.89. The molecule has 1 aliphatic heterocycles. The van der Waals surface area contributed by atoms with Crippen LogP contribution in [-0.4, -0.2) is 94.8 Å². The summed E-state index contributed by atoms with van der Waals surface area (Å²) in [6.45, 7) is 3.31. The zero-order valence-electron chi connectivity index (χ0n) is 25.1. The molecule has 4 aromatic rings. The lowest BCUT2D eigenvalue weighted by atomic mass is 10.2. The Hall–Kier alpha value is -5.24. The van der Waals surface area contributed by atoms with Crippen molar-refractivity contribution in [2.24, 2.45) is 0 Å². The van der Waals surface area contributed by atoms with Crippen molar-refractivity contribution in [3.63, 3.8) is 0 Å². The predicted octanol–water partition coefficient (Wildman–Crippen LogP) is 3.54. The van der Waals surface area contributed by atoms with E-state index in [0.29, 0.717) is 40.4 Å². The summed E-state index contributed by atoms with van der Waals surface area (Å²) in [5, 5.41) is 9.83. The maximum Gasteiger partial charge on any atom is 0.373 e. The average molecular weight is 624 g/mol. The maximum absolute atomic E-state index is 12.4. The number of methoxy groups -OCH3 is 2. The minimum Gasteiger partial charge on any atom is -0.488 e. The molecule has 2 aromatic heterocycles. The molecule has 0 amide bonds. The lowest BCUT2D eigenvalue weighted by Gasteiger charge is -2.26. The topological polar surface area (TPSA) is 163 Å². The number of fused-ring (bicyclic) bond motifs is 3. The van der Waals surface area contributed by atoms with Gasteiger partial charge in [0.25, 0.3) is 5.89 Å². The van der Waals surface area contributed by atoms with Gasteiger partial charge in [-0.15, -0.1) is 0 Å². The molecule has 14 heteroatoms. The number of oxazole rings is 1. The van der Waals surface area contributed by atoms with E-state index >= 15 is 0 Å². The van der Waals surface area contributed by atoms with Gasteiger partial charge < -0.3 is 47.4 Å². The summed E-state index contributed by atoms with van der Waals surface area (Å²) >= 11 is 0. The standard InChI is InChI=1S/C31H33N3O11/c1-19-4-5-21-24(12-19)42-10-11-43-25-13-20-14-26(30-32-16-27(45-30)31(37)38)44-23(20)15-22(25)34(18-29(36)40-3)7-9-41-8-6-33(21)17-28(35)39-2/h4-5,12-16H,6-11,17-18H2,1-3H3,(H,37,38). The molecule has 0 aliphatic carbocycles. The third-order valence-electron chi connectivity index (χ3n) is 7.03. The molecule has 2 aromatic carbocycles. The van der Waals surface area contributed by atoms with Gasteiger partial charge in [-0.05, 0) is 36.8 Å². The van der Waals surface area contributed by atoms with Gasteiger partial charge in [-0.3, -0.25) is 9.59 Å². The van der Waals surface area contributed by atoms with Crippen LogP contribution >= 0.6 is 0 Å². The maximum atomic E-state index is 12.4. The van der Waals surface area contributed by atoms with Gasteiger partial charge in [0, 0.05) is 24.5 Å². The highest BCUT2D eigenvalue weighted by Crippen LogP contribution is 2.37. The number of carbonyl (C=O) groups excluding carboxylic acids is 2. The molecule has 238 valence electrons. The van der Waals surface area contributed by atoms with Crippen molar-refractivity contribution < 1.29 is 52.0 Å². The van der Waals surface area contributed by atoms with Crippen molar-refractivity contribution >= 4 is 40.3 Å². The van der Waals surface area contributed by atoms with E-state index in [9.17, 15) is 19.5 Å². The van der Waals surface area contributed by atoms with Crippen LogP contribution in [0.3, 0.4) is 0 Å². The Morgan fingerprint density at radius 2 is 1.49 bits per heavy atom. The third kappa shape index (κ3) is 7.47. The van der Waals surface area contributed by atoms with Crippen molar-refractivity contribution in [1.82, 2.24) is 4.98 Å². The van der Waals surface area contributed by atoms with E-state index in [1.807, 2.05) is 30.0 Å². The number of aromatic nitrogens is 1. The van der Waals surface area contributed by atoms with Crippen molar-refractivity contribution in [2.45, 2.75) is 6.92 Å². The van der Waals surface area contributed by atoms with E-state index in [-0.39, 0.29) is 63.5 Å². The van der Waals surface area contributed by atoms with E-state index in [1.54, 1.807) is 23.1 Å². The van der Waals surface area contributed by atoms with Crippen LogP contribution in [0.15, 0.2) is 51.4 Å². The first kappa shape index (κ1) is 31.2. The van der Waals surface area contributed by atoms with Gasteiger partial charge in [-0.25, -0.2) is 9.78 Å². The molecule has 0 bridgehead atoms. The number of nitrogens with zero attached hydrogens (tertiary/aromatic N) is 3. The predicted molar refractivity (Wildman–Crippen MR) is 160 cm³/mol. The quantitative estimate of drug-likeness (QED) is 0.310. The van der Waals surface area contributed by atoms with Crippen LogP contribution < -0.4 is 19.3 Å². The van der Waals surface area contributed by atoms with Crippen molar-refractivity contribution in [3.05, 3.63) is 53.9 Å². The first-order valence-electron chi connectivity index (χ1n) is 14.1. The monoisotopic (exact) mass is 623 g/mol. The second kappa shape index (κ2) is 14.0. The van der Waals surface area contributed by atoms with Gasteiger partial charge >= 0.3 is 17.9 Å². The average Bonchev–Trinajstić information content (AvgIpc) is 3.68. The molecule has 0 radical (unpaired) electrons. The van der Waals surface area contributed by atoms with Crippen molar-refractivity contribution in [3.8, 4) is 23.1 Å². The summed E-state index contributed by atoms with van der Waals surface area (Å²) in [6.07, 6.45) is 1.10. The fourth-order valence-corrected chi connectivity index (χ4v) is 4.77. The number of aryl methyl sites for hydroxylation is 1. The molecule has 0 unspecified atom stereocenters. The second-order valence-electron chi connectivity index (χ2n) is 10.1. The molecule has 3 heterocycles. The molecule has 5 rings (SSSR count). The molecule has 0 atom stereocenters. The summed E-state index contributed by atoms with van der Waals surface area (Å²) in [4.78, 5) is 43.5. The van der Waals surface area contributed by atoms with Gasteiger partial charge in [0.15, 0.2) is 5.76 Å². The second-order valence-corrected chi connectivity index (χ2v) is 10.1. The number of rotatable bonds is 6. The van der Waals surface area contributed by atoms with Crippen LogP contribution in [0, 0.1) is 6.92 Å². The summed E-state index contributed by atoms with van der Waals surface area (Å²) in [6, 6.07) is 10.8. The molecule has 0 spiro atoms. The fourth-order valence-electron chi connectivity index (χ4n) is 4.77. The molecule has 14 nitrogen and oxygen atoms in total. The Morgan fingerprint density at radius 1 is 0.844 bits per heavy atom. The van der Waals surface area contributed by atoms with Gasteiger partial charge in [0.1, 0.15) is 43.4 Å². The minimum absolute atomic E-state index is 0.00188. The lowest BCUT2D eigenvalue weighted by Crippen LogP contribution is -2.36. The van der Waals surface area contributed by atoms with E-state index in [1.165, 1.54) is 14.2 Å². The SMILES string of the molecule is COC(=O)CN1CCOCCN(CC(=O)OC)c2cc3oc(-c4ncc(C(=O)O)o4)cc3cc2OCCOc2cc(C)ccc21. The Labute approximate surface area is 258 Å². The number of carbonyl (C=O) groups is 3. The molecule has 0 saturated carbocycles. The number of aromatic carboxylic acids is 1. The molecule has 0 saturated heterocycles. The third-order valence-corrected chi connectivity index (χ3v) is 7.03. The minimum atomic E-state index is -1.25. The largest absolute Gasteiger partial charge is 0.488 e. The van der Waals surface area contributed by atoms with Crippen molar-refractivity contribution in [2.75, 3.05) is 76.6 Å². The number of hydrogen-bond acceptors (Lipinski definition) is 13. The van der Waals surface area contributed by atoms with Crippen LogP contribution in [0.4, 0.5) is 11.4 Å². The highest BCUT2D eigenvalue weighted by Gasteiger charge is 2.23. The number of esters is 2. The highest BCUT2D eigenvalue weighted by atomic mass is 16.5. The molecular formula is C31H33N3O11. The van der Waals surface area contributed by atoms with Gasteiger partial charge in [0.2, 0.25) is 5.76 Å². The lowest BCUT2D eigenvalue weighted by molar-refractivity contribution is -0.139. The van der Waals surface area contributed by atoms with Crippen LogP contribution in [0.25, 0.3) is 22.6 Å². The number of carboxylic acids is 1. The van der Waals surface area contributed by atoms with Crippen LogP contribution in [0.2, 0.25) is 0 Å². The zero-order chi connectivity index (χ0) is 31.9. The molecule has 45 heavy (non-hydrogen) atoms.